The summed E-state index contributed by atoms with van der Waals surface area (Å²) in [7, 11) is 1.39. The van der Waals surface area contributed by atoms with Gasteiger partial charge in [0, 0.05) is 16.7 Å². The molecule has 0 amide bonds. The van der Waals surface area contributed by atoms with E-state index >= 15 is 0 Å². The maximum absolute atomic E-state index is 11.5. The highest BCUT2D eigenvalue weighted by atomic mass is 79.9. The first-order valence-electron chi connectivity index (χ1n) is 6.69. The van der Waals surface area contributed by atoms with Crippen LogP contribution in [0.2, 0.25) is 0 Å². The van der Waals surface area contributed by atoms with Gasteiger partial charge in [0.05, 0.1) is 12.7 Å². The highest BCUT2D eigenvalue weighted by molar-refractivity contribution is 9.10. The summed E-state index contributed by atoms with van der Waals surface area (Å²) in [6.45, 7) is 4.76. The molecule has 0 atom stereocenters. The van der Waals surface area contributed by atoms with E-state index in [2.05, 4.69) is 46.4 Å². The lowest BCUT2D eigenvalue weighted by Crippen LogP contribution is -2.05. The summed E-state index contributed by atoms with van der Waals surface area (Å²) in [6, 6.07) is 11.8. The fourth-order valence-corrected chi connectivity index (χ4v) is 2.73. The Hall–Kier alpha value is -1.81. The number of nitrogens with one attached hydrogen (secondary N) is 1. The minimum Gasteiger partial charge on any atom is -0.465 e. The van der Waals surface area contributed by atoms with E-state index in [9.17, 15) is 4.79 Å². The van der Waals surface area contributed by atoms with Crippen LogP contribution in [0.3, 0.4) is 0 Å². The van der Waals surface area contributed by atoms with Crippen molar-refractivity contribution in [3.63, 3.8) is 0 Å². The average Bonchev–Trinajstić information content (AvgIpc) is 2.46. The van der Waals surface area contributed by atoms with Crippen molar-refractivity contribution in [1.29, 1.82) is 0 Å². The first-order valence-corrected chi connectivity index (χ1v) is 7.48. The molecule has 0 saturated carbocycles. The summed E-state index contributed by atoms with van der Waals surface area (Å²) < 4.78 is 5.82. The van der Waals surface area contributed by atoms with Gasteiger partial charge in [-0.1, -0.05) is 28.1 Å². The van der Waals surface area contributed by atoms with Crippen molar-refractivity contribution in [3.8, 4) is 0 Å². The van der Waals surface area contributed by atoms with Gasteiger partial charge in [-0.2, -0.15) is 0 Å². The van der Waals surface area contributed by atoms with E-state index in [-0.39, 0.29) is 5.97 Å². The summed E-state index contributed by atoms with van der Waals surface area (Å²) in [5.74, 6) is -0.314. The van der Waals surface area contributed by atoms with E-state index < -0.39 is 0 Å². The largest absolute Gasteiger partial charge is 0.465 e. The second-order valence-corrected chi connectivity index (χ2v) is 5.82. The van der Waals surface area contributed by atoms with E-state index in [1.807, 2.05) is 19.1 Å². The molecule has 0 aliphatic carbocycles. The van der Waals surface area contributed by atoms with Crippen molar-refractivity contribution < 1.29 is 9.53 Å². The molecule has 0 spiro atoms. The van der Waals surface area contributed by atoms with Crippen LogP contribution in [0.25, 0.3) is 0 Å². The van der Waals surface area contributed by atoms with Crippen molar-refractivity contribution >= 4 is 27.6 Å². The number of anilines is 1. The molecule has 0 unspecified atom stereocenters. The van der Waals surface area contributed by atoms with Gasteiger partial charge in [-0.3, -0.25) is 0 Å². The van der Waals surface area contributed by atoms with E-state index in [4.69, 9.17) is 4.74 Å². The van der Waals surface area contributed by atoms with Gasteiger partial charge in [0.1, 0.15) is 0 Å². The highest BCUT2D eigenvalue weighted by Gasteiger charge is 2.08. The van der Waals surface area contributed by atoms with Crippen LogP contribution in [-0.2, 0) is 11.3 Å². The molecule has 3 nitrogen and oxygen atoms in total. The van der Waals surface area contributed by atoms with Crippen molar-refractivity contribution in [3.05, 3.63) is 63.1 Å². The lowest BCUT2D eigenvalue weighted by Gasteiger charge is -2.12. The van der Waals surface area contributed by atoms with Gasteiger partial charge in [0.2, 0.25) is 0 Å². The predicted octanol–water partition coefficient (Wildman–Crippen LogP) is 4.46. The molecular weight excluding hydrogens is 330 g/mol. The van der Waals surface area contributed by atoms with Crippen molar-refractivity contribution in [2.45, 2.75) is 20.4 Å². The minimum atomic E-state index is -0.314. The lowest BCUT2D eigenvalue weighted by atomic mass is 10.1. The first-order chi connectivity index (χ1) is 10.0. The molecule has 0 bridgehead atoms. The van der Waals surface area contributed by atoms with Gasteiger partial charge in [0.25, 0.3) is 0 Å². The molecule has 2 rings (SSSR count). The number of carbonyl (C=O) groups is 1. The maximum atomic E-state index is 11.5. The molecule has 0 aromatic heterocycles. The molecule has 0 aliphatic heterocycles. The van der Waals surface area contributed by atoms with Crippen LogP contribution in [0, 0.1) is 13.8 Å². The van der Waals surface area contributed by atoms with Gasteiger partial charge in [-0.25, -0.2) is 4.79 Å². The van der Waals surface area contributed by atoms with Crippen LogP contribution in [0.15, 0.2) is 40.9 Å². The third-order valence-corrected chi connectivity index (χ3v) is 4.06. The number of benzene rings is 2. The smallest absolute Gasteiger partial charge is 0.337 e. The van der Waals surface area contributed by atoms with Gasteiger partial charge >= 0.3 is 5.97 Å². The number of halogens is 1. The van der Waals surface area contributed by atoms with Crippen LogP contribution in [-0.4, -0.2) is 13.1 Å². The van der Waals surface area contributed by atoms with E-state index in [1.54, 1.807) is 6.07 Å². The Bertz CT molecular complexity index is 668. The van der Waals surface area contributed by atoms with Crippen LogP contribution in [0.4, 0.5) is 5.69 Å². The van der Waals surface area contributed by atoms with Crippen molar-refractivity contribution in [2.24, 2.45) is 0 Å². The van der Waals surface area contributed by atoms with Crippen LogP contribution in [0.1, 0.15) is 27.0 Å². The molecule has 1 N–H and O–H groups in total. The first kappa shape index (κ1) is 15.6. The topological polar surface area (TPSA) is 38.3 Å². The molecule has 2 aromatic carbocycles. The summed E-state index contributed by atoms with van der Waals surface area (Å²) in [5, 5.41) is 3.39. The fraction of sp³-hybridized carbons (Fsp3) is 0.235. The van der Waals surface area contributed by atoms with Crippen molar-refractivity contribution in [1.82, 2.24) is 0 Å². The number of hydrogen-bond donors (Lipinski definition) is 1. The van der Waals surface area contributed by atoms with Gasteiger partial charge < -0.3 is 10.1 Å². The number of methoxy groups -OCH3 is 1. The molecule has 0 radical (unpaired) electrons. The number of aryl methyl sites for hydroxylation is 2. The molecule has 110 valence electrons. The summed E-state index contributed by atoms with van der Waals surface area (Å²) in [5.41, 5.74) is 5.01. The number of carbonyl (C=O) groups excluding carboxylic acids is 1. The van der Waals surface area contributed by atoms with Crippen LogP contribution >= 0.6 is 15.9 Å². The zero-order valence-electron chi connectivity index (χ0n) is 12.4. The zero-order valence-corrected chi connectivity index (χ0v) is 14.0. The second-order valence-electron chi connectivity index (χ2n) is 4.97. The Kier molecular flexibility index (Phi) is 5.02. The van der Waals surface area contributed by atoms with E-state index in [1.165, 1.54) is 18.2 Å². The highest BCUT2D eigenvalue weighted by Crippen LogP contribution is 2.22. The quantitative estimate of drug-likeness (QED) is 0.829. The SMILES string of the molecule is COC(=O)c1ccc(NCc2ccc(C)cc2Br)c(C)c1. The summed E-state index contributed by atoms with van der Waals surface area (Å²) in [4.78, 5) is 11.5. The lowest BCUT2D eigenvalue weighted by molar-refractivity contribution is 0.0600. The molecule has 0 aliphatic rings. The van der Waals surface area contributed by atoms with Gasteiger partial charge in [-0.15, -0.1) is 0 Å². The number of esters is 1. The van der Waals surface area contributed by atoms with Gasteiger partial charge in [-0.05, 0) is 54.8 Å². The normalized spacial score (nSPS) is 10.3. The minimum absolute atomic E-state index is 0.314. The van der Waals surface area contributed by atoms with Crippen molar-refractivity contribution in [2.75, 3.05) is 12.4 Å². The molecule has 2 aromatic rings. The van der Waals surface area contributed by atoms with Gasteiger partial charge in [0.15, 0.2) is 0 Å². The van der Waals surface area contributed by atoms with E-state index in [0.29, 0.717) is 5.56 Å². The summed E-state index contributed by atoms with van der Waals surface area (Å²) in [6.07, 6.45) is 0. The number of rotatable bonds is 4. The van der Waals surface area contributed by atoms with Crippen LogP contribution < -0.4 is 5.32 Å². The third kappa shape index (κ3) is 3.85. The van der Waals surface area contributed by atoms with E-state index in [0.717, 1.165) is 22.3 Å². The number of ether oxygens (including phenoxy) is 1. The monoisotopic (exact) mass is 347 g/mol. The Morgan fingerprint density at radius 3 is 2.57 bits per heavy atom. The maximum Gasteiger partial charge on any atom is 0.337 e. The Labute approximate surface area is 133 Å². The molecule has 21 heavy (non-hydrogen) atoms. The molecular formula is C17H18BrNO2. The predicted molar refractivity (Wildman–Crippen MR) is 88.7 cm³/mol. The molecule has 0 saturated heterocycles. The molecule has 4 heteroatoms. The third-order valence-electron chi connectivity index (χ3n) is 3.33. The summed E-state index contributed by atoms with van der Waals surface area (Å²) >= 11 is 3.58. The Balaban J connectivity index is 2.11. The zero-order chi connectivity index (χ0) is 15.4. The Morgan fingerprint density at radius 2 is 1.95 bits per heavy atom. The average molecular weight is 348 g/mol. The molecule has 0 fully saturated rings. The Morgan fingerprint density at radius 1 is 1.19 bits per heavy atom. The number of hydrogen-bond acceptors (Lipinski definition) is 3. The second kappa shape index (κ2) is 6.76. The molecule has 0 heterocycles. The van der Waals surface area contributed by atoms with Crippen LogP contribution in [0.5, 0.6) is 0 Å². The standard InChI is InChI=1S/C17H18BrNO2/c1-11-4-5-14(15(18)8-11)10-19-16-7-6-13(9-12(16)2)17(20)21-3/h4-9,19H,10H2,1-3H3. The fourth-order valence-electron chi connectivity index (χ4n) is 2.09.